The van der Waals surface area contributed by atoms with Crippen LogP contribution in [0.3, 0.4) is 0 Å². The number of carbonyl (C=O) groups excluding carboxylic acids is 1. The lowest BCUT2D eigenvalue weighted by Crippen LogP contribution is -2.52. The molecule has 1 saturated heterocycles. The highest BCUT2D eigenvalue weighted by Gasteiger charge is 2.39. The normalized spacial score (nSPS) is 29.9. The summed E-state index contributed by atoms with van der Waals surface area (Å²) in [7, 11) is 0. The Morgan fingerprint density at radius 2 is 2.05 bits per heavy atom. The number of likely N-dealkylation sites (tertiary alicyclic amines) is 1. The maximum Gasteiger partial charge on any atom is 0.254 e. The molecule has 3 unspecified atom stereocenters. The van der Waals surface area contributed by atoms with E-state index in [1.54, 1.807) is 6.07 Å². The number of rotatable bonds is 1. The van der Waals surface area contributed by atoms with E-state index in [4.69, 9.17) is 5.73 Å². The van der Waals surface area contributed by atoms with Crippen LogP contribution in [0.15, 0.2) is 24.3 Å². The highest BCUT2D eigenvalue weighted by molar-refractivity contribution is 5.95. The molecule has 3 rings (SSSR count). The van der Waals surface area contributed by atoms with Gasteiger partial charge in [-0.3, -0.25) is 4.79 Å². The Balaban J connectivity index is 1.83. The van der Waals surface area contributed by atoms with E-state index in [1.807, 2.05) is 18.2 Å². The quantitative estimate of drug-likeness (QED) is 0.797. The van der Waals surface area contributed by atoms with Crippen LogP contribution in [0.5, 0.6) is 0 Å². The molecule has 1 aromatic carbocycles. The second-order valence-electron chi connectivity index (χ2n) is 6.41. The first-order valence-corrected chi connectivity index (χ1v) is 7.83. The zero-order chi connectivity index (χ0) is 14.1. The van der Waals surface area contributed by atoms with Crippen LogP contribution >= 0.6 is 0 Å². The number of anilines is 1. The summed E-state index contributed by atoms with van der Waals surface area (Å²) in [6.07, 6.45) is 6.17. The van der Waals surface area contributed by atoms with E-state index in [9.17, 15) is 4.79 Å². The van der Waals surface area contributed by atoms with Gasteiger partial charge in [-0.15, -0.1) is 0 Å². The number of nitrogens with two attached hydrogens (primary N) is 1. The molecular formula is C17H24N2O. The lowest BCUT2D eigenvalue weighted by Gasteiger charge is -2.47. The van der Waals surface area contributed by atoms with Crippen molar-refractivity contribution in [3.05, 3.63) is 29.8 Å². The van der Waals surface area contributed by atoms with Gasteiger partial charge in [0.2, 0.25) is 0 Å². The van der Waals surface area contributed by atoms with Gasteiger partial charge in [-0.05, 0) is 49.3 Å². The molecule has 2 aliphatic rings. The van der Waals surface area contributed by atoms with Crippen LogP contribution in [0.4, 0.5) is 5.69 Å². The highest BCUT2D eigenvalue weighted by Crippen LogP contribution is 2.39. The molecule has 0 bridgehead atoms. The number of carbonyl (C=O) groups is 1. The molecule has 2 fully saturated rings. The number of nitrogen functional groups attached to an aromatic ring is 1. The third kappa shape index (κ3) is 2.41. The van der Waals surface area contributed by atoms with Crippen molar-refractivity contribution in [3.63, 3.8) is 0 Å². The van der Waals surface area contributed by atoms with Crippen molar-refractivity contribution in [2.75, 3.05) is 12.3 Å². The number of nitrogens with zero attached hydrogens (tertiary/aromatic N) is 1. The Kier molecular flexibility index (Phi) is 3.68. The fourth-order valence-electron chi connectivity index (χ4n) is 4.00. The molecule has 0 aromatic heterocycles. The fourth-order valence-corrected chi connectivity index (χ4v) is 4.00. The third-order valence-corrected chi connectivity index (χ3v) is 5.13. The third-order valence-electron chi connectivity index (χ3n) is 5.13. The number of hydrogen-bond donors (Lipinski definition) is 1. The van der Waals surface area contributed by atoms with Crippen molar-refractivity contribution in [2.24, 2.45) is 11.8 Å². The van der Waals surface area contributed by atoms with E-state index in [2.05, 4.69) is 11.8 Å². The van der Waals surface area contributed by atoms with E-state index in [-0.39, 0.29) is 5.91 Å². The number of piperidine rings is 1. The summed E-state index contributed by atoms with van der Waals surface area (Å²) < 4.78 is 0. The molecule has 1 heterocycles. The molecular weight excluding hydrogens is 248 g/mol. The zero-order valence-corrected chi connectivity index (χ0v) is 12.2. The Labute approximate surface area is 121 Å². The number of hydrogen-bond acceptors (Lipinski definition) is 2. The van der Waals surface area contributed by atoms with Crippen molar-refractivity contribution in [2.45, 2.75) is 45.1 Å². The minimum Gasteiger partial charge on any atom is -0.399 e. The van der Waals surface area contributed by atoms with Crippen molar-refractivity contribution in [1.29, 1.82) is 0 Å². The van der Waals surface area contributed by atoms with Crippen LogP contribution in [0.25, 0.3) is 0 Å². The Bertz CT molecular complexity index is 500. The van der Waals surface area contributed by atoms with Crippen LogP contribution in [0.1, 0.15) is 49.4 Å². The first-order valence-electron chi connectivity index (χ1n) is 7.83. The van der Waals surface area contributed by atoms with Gasteiger partial charge in [-0.25, -0.2) is 0 Å². The van der Waals surface area contributed by atoms with Gasteiger partial charge < -0.3 is 10.6 Å². The Morgan fingerprint density at radius 3 is 2.85 bits per heavy atom. The van der Waals surface area contributed by atoms with E-state index in [0.717, 1.165) is 24.4 Å². The molecule has 3 heteroatoms. The second-order valence-corrected chi connectivity index (χ2v) is 6.41. The van der Waals surface area contributed by atoms with Gasteiger partial charge in [-0.2, -0.15) is 0 Å². The molecule has 1 aliphatic carbocycles. The van der Waals surface area contributed by atoms with Crippen molar-refractivity contribution >= 4 is 11.6 Å². The predicted octanol–water partition coefficient (Wildman–Crippen LogP) is 3.31. The van der Waals surface area contributed by atoms with Gasteiger partial charge in [0, 0.05) is 23.8 Å². The van der Waals surface area contributed by atoms with Gasteiger partial charge in [0.15, 0.2) is 0 Å². The zero-order valence-electron chi connectivity index (χ0n) is 12.2. The number of amides is 1. The Morgan fingerprint density at radius 1 is 1.25 bits per heavy atom. The molecule has 1 aromatic rings. The predicted molar refractivity (Wildman–Crippen MR) is 81.4 cm³/mol. The molecule has 1 saturated carbocycles. The van der Waals surface area contributed by atoms with Crippen LogP contribution in [-0.4, -0.2) is 23.4 Å². The average molecular weight is 272 g/mol. The smallest absolute Gasteiger partial charge is 0.254 e. The van der Waals surface area contributed by atoms with Gasteiger partial charge >= 0.3 is 0 Å². The molecule has 20 heavy (non-hydrogen) atoms. The molecule has 2 N–H and O–H groups in total. The number of fused-ring (bicyclic) bond motifs is 1. The van der Waals surface area contributed by atoms with E-state index in [0.29, 0.717) is 17.6 Å². The molecule has 1 amide bonds. The van der Waals surface area contributed by atoms with Crippen molar-refractivity contribution in [3.8, 4) is 0 Å². The summed E-state index contributed by atoms with van der Waals surface area (Å²) in [4.78, 5) is 14.9. The largest absolute Gasteiger partial charge is 0.399 e. The lowest BCUT2D eigenvalue weighted by molar-refractivity contribution is 0.0218. The average Bonchev–Trinajstić information content (AvgIpc) is 2.47. The van der Waals surface area contributed by atoms with Gasteiger partial charge in [0.25, 0.3) is 5.91 Å². The van der Waals surface area contributed by atoms with Crippen molar-refractivity contribution in [1.82, 2.24) is 4.90 Å². The topological polar surface area (TPSA) is 46.3 Å². The van der Waals surface area contributed by atoms with E-state index >= 15 is 0 Å². The SMILES string of the molecule is CC1CCN(C(=O)c2cccc(N)c2)C2CCCCC12. The van der Waals surface area contributed by atoms with Crippen LogP contribution < -0.4 is 5.73 Å². The summed E-state index contributed by atoms with van der Waals surface area (Å²) >= 11 is 0. The first-order chi connectivity index (χ1) is 9.66. The minimum absolute atomic E-state index is 0.168. The fraction of sp³-hybridized carbons (Fsp3) is 0.588. The number of benzene rings is 1. The maximum absolute atomic E-state index is 12.8. The molecule has 3 nitrogen and oxygen atoms in total. The first kappa shape index (κ1) is 13.5. The van der Waals surface area contributed by atoms with Crippen LogP contribution in [-0.2, 0) is 0 Å². The summed E-state index contributed by atoms with van der Waals surface area (Å²) in [6, 6.07) is 7.83. The Hall–Kier alpha value is -1.51. The van der Waals surface area contributed by atoms with Gasteiger partial charge in [0.05, 0.1) is 0 Å². The molecule has 0 radical (unpaired) electrons. The molecule has 108 valence electrons. The van der Waals surface area contributed by atoms with E-state index in [1.165, 1.54) is 25.7 Å². The molecule has 3 atom stereocenters. The maximum atomic E-state index is 12.8. The monoisotopic (exact) mass is 272 g/mol. The lowest BCUT2D eigenvalue weighted by atomic mass is 9.72. The van der Waals surface area contributed by atoms with Gasteiger partial charge in [-0.1, -0.05) is 25.8 Å². The van der Waals surface area contributed by atoms with Crippen LogP contribution in [0, 0.1) is 11.8 Å². The highest BCUT2D eigenvalue weighted by atomic mass is 16.2. The summed E-state index contributed by atoms with van der Waals surface area (Å²) in [5, 5.41) is 0. The molecule has 0 spiro atoms. The minimum atomic E-state index is 0.168. The van der Waals surface area contributed by atoms with Crippen molar-refractivity contribution < 1.29 is 4.79 Å². The summed E-state index contributed by atoms with van der Waals surface area (Å²) in [5.41, 5.74) is 7.22. The van der Waals surface area contributed by atoms with Crippen LogP contribution in [0.2, 0.25) is 0 Å². The van der Waals surface area contributed by atoms with Gasteiger partial charge in [0.1, 0.15) is 0 Å². The summed E-state index contributed by atoms with van der Waals surface area (Å²) in [6.45, 7) is 3.25. The van der Waals surface area contributed by atoms with E-state index < -0.39 is 0 Å². The second kappa shape index (κ2) is 5.47. The standard InChI is InChI=1S/C17H24N2O/c1-12-9-10-19(16-8-3-2-7-15(12)16)17(20)13-5-4-6-14(18)11-13/h4-6,11-12,15-16H,2-3,7-10,18H2,1H3. The molecule has 1 aliphatic heterocycles. The summed E-state index contributed by atoms with van der Waals surface area (Å²) in [5.74, 6) is 1.62.